The van der Waals surface area contributed by atoms with Crippen LogP contribution in [0.1, 0.15) is 10.4 Å². The summed E-state index contributed by atoms with van der Waals surface area (Å²) in [5.41, 5.74) is -0.514. The van der Waals surface area contributed by atoms with E-state index >= 15 is 0 Å². The zero-order valence-electron chi connectivity index (χ0n) is 6.82. The number of rotatable bonds is 1. The van der Waals surface area contributed by atoms with Gasteiger partial charge in [0.05, 0.1) is 7.11 Å². The molecular formula is C8H6FN2O2+. The van der Waals surface area contributed by atoms with Gasteiger partial charge in [-0.15, -0.1) is 0 Å². The molecule has 0 bridgehead atoms. The Morgan fingerprint density at radius 2 is 2.31 bits per heavy atom. The highest BCUT2D eigenvalue weighted by atomic mass is 19.1. The number of diazo groups is 1. The number of hydrogen-bond acceptors (Lipinski definition) is 3. The normalized spacial score (nSPS) is 9.00. The van der Waals surface area contributed by atoms with E-state index in [0.29, 0.717) is 0 Å². The fraction of sp³-hybridized carbons (Fsp3) is 0.125. The van der Waals surface area contributed by atoms with Crippen molar-refractivity contribution in [3.05, 3.63) is 34.6 Å². The van der Waals surface area contributed by atoms with Gasteiger partial charge in [-0.05, 0) is 6.07 Å². The van der Waals surface area contributed by atoms with Crippen LogP contribution in [0.15, 0.2) is 18.2 Å². The summed E-state index contributed by atoms with van der Waals surface area (Å²) in [5.74, 6) is -1.65. The number of carbonyl (C=O) groups is 1. The number of nitrogens with zero attached hydrogens (tertiary/aromatic N) is 2. The zero-order chi connectivity index (χ0) is 9.84. The summed E-state index contributed by atoms with van der Waals surface area (Å²) in [6.07, 6.45) is 0. The molecule has 1 rings (SSSR count). The third kappa shape index (κ3) is 1.62. The van der Waals surface area contributed by atoms with E-state index in [4.69, 9.17) is 5.39 Å². The summed E-state index contributed by atoms with van der Waals surface area (Å²) < 4.78 is 17.3. The monoisotopic (exact) mass is 181 g/mol. The summed E-state index contributed by atoms with van der Waals surface area (Å²) in [5, 5.41) is 8.44. The Morgan fingerprint density at radius 3 is 2.85 bits per heavy atom. The van der Waals surface area contributed by atoms with E-state index in [1.807, 2.05) is 0 Å². The van der Waals surface area contributed by atoms with Gasteiger partial charge < -0.3 is 4.74 Å². The Balaban J connectivity index is 3.33. The highest BCUT2D eigenvalue weighted by Gasteiger charge is 2.25. The minimum atomic E-state index is -0.870. The molecule has 0 spiro atoms. The largest absolute Gasteiger partial charge is 0.465 e. The molecule has 0 aliphatic carbocycles. The number of ether oxygens (including phenoxy) is 1. The van der Waals surface area contributed by atoms with Crippen LogP contribution in [0.2, 0.25) is 0 Å². The quantitative estimate of drug-likeness (QED) is 0.492. The fourth-order valence-corrected chi connectivity index (χ4v) is 0.900. The zero-order valence-corrected chi connectivity index (χ0v) is 6.82. The Kier molecular flexibility index (Phi) is 2.55. The van der Waals surface area contributed by atoms with Crippen molar-refractivity contribution in [2.45, 2.75) is 0 Å². The lowest BCUT2D eigenvalue weighted by atomic mass is 10.2. The minimum Gasteiger partial charge on any atom is -0.465 e. The van der Waals surface area contributed by atoms with Crippen LogP contribution in [0, 0.1) is 11.2 Å². The van der Waals surface area contributed by atoms with Crippen LogP contribution in [0.4, 0.5) is 10.1 Å². The smallest absolute Gasteiger partial charge is 0.402 e. The summed E-state index contributed by atoms with van der Waals surface area (Å²) in [7, 11) is 1.12. The average molecular weight is 181 g/mol. The standard InChI is InChI=1S/C8H6FN2O2/c1-13-8(12)7-5(9)3-2-4-6(7)11-10/h2-4H,1H3/q+1. The molecule has 0 unspecified atom stereocenters. The number of carbonyl (C=O) groups excluding carboxylic acids is 1. The Hall–Kier alpha value is -1.96. The number of hydrogen-bond donors (Lipinski definition) is 0. The molecule has 1 aromatic carbocycles. The molecule has 0 fully saturated rings. The van der Waals surface area contributed by atoms with Crippen molar-refractivity contribution in [1.82, 2.24) is 0 Å². The second-order valence-electron chi connectivity index (χ2n) is 2.23. The van der Waals surface area contributed by atoms with Crippen LogP contribution in [-0.4, -0.2) is 13.1 Å². The molecule has 0 heterocycles. The molecule has 0 aliphatic rings. The second kappa shape index (κ2) is 3.63. The van der Waals surface area contributed by atoms with Crippen LogP contribution in [0.3, 0.4) is 0 Å². The first kappa shape index (κ1) is 9.13. The van der Waals surface area contributed by atoms with Crippen LogP contribution in [0.5, 0.6) is 0 Å². The Bertz CT molecular complexity index is 384. The lowest BCUT2D eigenvalue weighted by Gasteiger charge is -1.96. The number of methoxy groups -OCH3 is 1. The highest BCUT2D eigenvalue weighted by molar-refractivity contribution is 5.96. The van der Waals surface area contributed by atoms with Gasteiger partial charge in [-0.3, -0.25) is 0 Å². The van der Waals surface area contributed by atoms with E-state index in [-0.39, 0.29) is 11.3 Å². The first-order valence-corrected chi connectivity index (χ1v) is 3.42. The minimum absolute atomic E-state index is 0.146. The van der Waals surface area contributed by atoms with Crippen molar-refractivity contribution >= 4 is 11.7 Å². The van der Waals surface area contributed by atoms with Gasteiger partial charge in [0.2, 0.25) is 5.39 Å². The van der Waals surface area contributed by atoms with Crippen LogP contribution >= 0.6 is 0 Å². The van der Waals surface area contributed by atoms with Crippen molar-refractivity contribution in [1.29, 1.82) is 5.39 Å². The first-order chi connectivity index (χ1) is 6.20. The molecule has 0 saturated carbocycles. The average Bonchev–Trinajstić information content (AvgIpc) is 2.16. The molecule has 0 radical (unpaired) electrons. The SMILES string of the molecule is COC(=O)c1c(F)cccc1[N+]#N. The summed E-state index contributed by atoms with van der Waals surface area (Å²) in [4.78, 5) is 13.7. The van der Waals surface area contributed by atoms with Crippen molar-refractivity contribution < 1.29 is 13.9 Å². The lowest BCUT2D eigenvalue weighted by Crippen LogP contribution is -2.04. The van der Waals surface area contributed by atoms with Crippen LogP contribution in [0.25, 0.3) is 4.98 Å². The van der Waals surface area contributed by atoms with Gasteiger partial charge in [0, 0.05) is 6.07 Å². The molecule has 0 N–H and O–H groups in total. The van der Waals surface area contributed by atoms with Gasteiger partial charge in [0.25, 0.3) is 0 Å². The molecule has 13 heavy (non-hydrogen) atoms. The maximum Gasteiger partial charge on any atom is 0.402 e. The van der Waals surface area contributed by atoms with E-state index in [1.165, 1.54) is 12.1 Å². The summed E-state index contributed by atoms with van der Waals surface area (Å²) in [6, 6.07) is 3.72. The van der Waals surface area contributed by atoms with Gasteiger partial charge in [0.1, 0.15) is 5.82 Å². The highest BCUT2D eigenvalue weighted by Crippen LogP contribution is 2.22. The van der Waals surface area contributed by atoms with Crippen molar-refractivity contribution in [2.75, 3.05) is 7.11 Å². The van der Waals surface area contributed by atoms with Crippen molar-refractivity contribution in [3.8, 4) is 0 Å². The van der Waals surface area contributed by atoms with E-state index in [1.54, 1.807) is 0 Å². The molecule has 0 aromatic heterocycles. The molecular weight excluding hydrogens is 175 g/mol. The van der Waals surface area contributed by atoms with Gasteiger partial charge >= 0.3 is 11.7 Å². The maximum atomic E-state index is 13.0. The predicted octanol–water partition coefficient (Wildman–Crippen LogP) is 2.10. The van der Waals surface area contributed by atoms with Crippen LogP contribution in [-0.2, 0) is 4.74 Å². The molecule has 1 aromatic rings. The molecule has 0 atom stereocenters. The van der Waals surface area contributed by atoms with Gasteiger partial charge in [-0.25, -0.2) is 9.18 Å². The summed E-state index contributed by atoms with van der Waals surface area (Å²) in [6.45, 7) is 0. The van der Waals surface area contributed by atoms with Gasteiger partial charge in [-0.2, -0.15) is 0 Å². The number of benzene rings is 1. The molecule has 0 saturated heterocycles. The molecule has 5 heteroatoms. The first-order valence-electron chi connectivity index (χ1n) is 3.42. The van der Waals surface area contributed by atoms with Crippen LogP contribution < -0.4 is 0 Å². The van der Waals surface area contributed by atoms with Crippen molar-refractivity contribution in [2.24, 2.45) is 0 Å². The topological polar surface area (TPSA) is 54.5 Å². The van der Waals surface area contributed by atoms with E-state index in [0.717, 1.165) is 13.2 Å². The fourth-order valence-electron chi connectivity index (χ4n) is 0.900. The third-order valence-corrected chi connectivity index (χ3v) is 1.49. The predicted molar refractivity (Wildman–Crippen MR) is 42.5 cm³/mol. The lowest BCUT2D eigenvalue weighted by molar-refractivity contribution is 0.0597. The van der Waals surface area contributed by atoms with Gasteiger partial charge in [-0.1, -0.05) is 6.07 Å². The third-order valence-electron chi connectivity index (χ3n) is 1.49. The Labute approximate surface area is 73.6 Å². The van der Waals surface area contributed by atoms with Gasteiger partial charge in [0.15, 0.2) is 10.5 Å². The van der Waals surface area contributed by atoms with Crippen molar-refractivity contribution in [3.63, 3.8) is 0 Å². The summed E-state index contributed by atoms with van der Waals surface area (Å²) >= 11 is 0. The van der Waals surface area contributed by atoms with E-state index < -0.39 is 11.8 Å². The van der Waals surface area contributed by atoms with E-state index in [2.05, 4.69) is 9.71 Å². The molecule has 4 nitrogen and oxygen atoms in total. The maximum absolute atomic E-state index is 13.0. The molecule has 66 valence electrons. The second-order valence-corrected chi connectivity index (χ2v) is 2.23. The van der Waals surface area contributed by atoms with E-state index in [9.17, 15) is 9.18 Å². The number of esters is 1. The molecule has 0 aliphatic heterocycles. The number of halogens is 1. The Morgan fingerprint density at radius 1 is 1.62 bits per heavy atom. The molecule has 0 amide bonds.